The molecule has 1 fully saturated rings. The van der Waals surface area contributed by atoms with Crippen molar-refractivity contribution in [1.29, 1.82) is 0 Å². The van der Waals surface area contributed by atoms with E-state index in [0.717, 1.165) is 25.9 Å². The lowest BCUT2D eigenvalue weighted by Gasteiger charge is -2.22. The zero-order valence-corrected chi connectivity index (χ0v) is 10.8. The Hall–Kier alpha value is -1.64. The summed E-state index contributed by atoms with van der Waals surface area (Å²) in [4.78, 5) is 11.5. The zero-order valence-electron chi connectivity index (χ0n) is 10.8. The Morgan fingerprint density at radius 2 is 2.35 bits per heavy atom. The first-order valence-corrected chi connectivity index (χ1v) is 6.40. The van der Waals surface area contributed by atoms with Crippen molar-refractivity contribution in [3.05, 3.63) is 11.9 Å². The number of carbonyl (C=O) groups is 1. The van der Waals surface area contributed by atoms with Gasteiger partial charge in [0, 0.05) is 6.54 Å². The maximum Gasteiger partial charge on any atom is 0.405 e. The molecule has 1 atom stereocenters. The highest BCUT2D eigenvalue weighted by molar-refractivity contribution is 5.91. The van der Waals surface area contributed by atoms with E-state index in [2.05, 4.69) is 15.6 Å². The van der Waals surface area contributed by atoms with Gasteiger partial charge in [0.15, 0.2) is 5.69 Å². The molecule has 1 aromatic rings. The lowest BCUT2D eigenvalue weighted by molar-refractivity contribution is -0.123. The molecule has 0 aromatic carbocycles. The first-order chi connectivity index (χ1) is 9.44. The van der Waals surface area contributed by atoms with Crippen LogP contribution in [-0.2, 0) is 6.54 Å². The number of hydrogen-bond donors (Lipinski definition) is 2. The highest BCUT2D eigenvalue weighted by atomic mass is 19.4. The maximum atomic E-state index is 12.0. The summed E-state index contributed by atoms with van der Waals surface area (Å²) < 4.78 is 37.4. The number of nitrogens with one attached hydrogen (secondary N) is 2. The molecular weight excluding hydrogens is 275 g/mol. The summed E-state index contributed by atoms with van der Waals surface area (Å²) in [5.74, 6) is -0.466. The first kappa shape index (κ1) is 14.8. The van der Waals surface area contributed by atoms with Gasteiger partial charge in [-0.25, -0.2) is 0 Å². The Bertz CT molecular complexity index is 453. The van der Waals surface area contributed by atoms with Crippen LogP contribution in [0.15, 0.2) is 6.20 Å². The Morgan fingerprint density at radius 3 is 3.00 bits per heavy atom. The average molecular weight is 291 g/mol. The fourth-order valence-electron chi connectivity index (χ4n) is 2.11. The SMILES string of the molecule is O=C(NCC(F)(F)F)c1cn(C[C@@H]2CCCNC2)nn1. The second-order valence-corrected chi connectivity index (χ2v) is 4.84. The van der Waals surface area contributed by atoms with E-state index < -0.39 is 18.6 Å². The van der Waals surface area contributed by atoms with Crippen molar-refractivity contribution in [3.63, 3.8) is 0 Å². The van der Waals surface area contributed by atoms with E-state index in [-0.39, 0.29) is 5.69 Å². The number of piperidine rings is 1. The molecule has 20 heavy (non-hydrogen) atoms. The Labute approximate surface area is 113 Å². The minimum atomic E-state index is -4.43. The van der Waals surface area contributed by atoms with E-state index in [1.165, 1.54) is 10.9 Å². The van der Waals surface area contributed by atoms with Crippen molar-refractivity contribution in [2.45, 2.75) is 25.6 Å². The van der Waals surface area contributed by atoms with E-state index in [1.54, 1.807) is 5.32 Å². The molecule has 2 heterocycles. The van der Waals surface area contributed by atoms with Crippen LogP contribution >= 0.6 is 0 Å². The number of carbonyl (C=O) groups excluding carboxylic acids is 1. The second-order valence-electron chi connectivity index (χ2n) is 4.84. The van der Waals surface area contributed by atoms with Crippen molar-refractivity contribution in [3.8, 4) is 0 Å². The Balaban J connectivity index is 1.86. The average Bonchev–Trinajstić information content (AvgIpc) is 2.85. The third kappa shape index (κ3) is 4.48. The van der Waals surface area contributed by atoms with Crippen LogP contribution < -0.4 is 10.6 Å². The van der Waals surface area contributed by atoms with E-state index >= 15 is 0 Å². The van der Waals surface area contributed by atoms with Crippen molar-refractivity contribution >= 4 is 5.91 Å². The van der Waals surface area contributed by atoms with Crippen LogP contribution in [0.2, 0.25) is 0 Å². The molecule has 2 N–H and O–H groups in total. The van der Waals surface area contributed by atoms with Crippen molar-refractivity contribution in [1.82, 2.24) is 25.6 Å². The summed E-state index contributed by atoms with van der Waals surface area (Å²) in [5.41, 5.74) is -0.0991. The number of nitrogens with zero attached hydrogens (tertiary/aromatic N) is 3. The summed E-state index contributed by atoms with van der Waals surface area (Å²) >= 11 is 0. The van der Waals surface area contributed by atoms with Crippen molar-refractivity contribution < 1.29 is 18.0 Å². The predicted molar refractivity (Wildman–Crippen MR) is 64.0 cm³/mol. The van der Waals surface area contributed by atoms with Gasteiger partial charge in [0.25, 0.3) is 5.91 Å². The van der Waals surface area contributed by atoms with Gasteiger partial charge in [-0.1, -0.05) is 5.21 Å². The topological polar surface area (TPSA) is 71.8 Å². The van der Waals surface area contributed by atoms with Crippen LogP contribution in [0.3, 0.4) is 0 Å². The summed E-state index contributed by atoms with van der Waals surface area (Å²) in [6.45, 7) is 1.10. The molecule has 0 unspecified atom stereocenters. The fraction of sp³-hybridized carbons (Fsp3) is 0.727. The van der Waals surface area contributed by atoms with Crippen LogP contribution in [0, 0.1) is 5.92 Å². The van der Waals surface area contributed by atoms with Crippen LogP contribution in [0.25, 0.3) is 0 Å². The molecule has 0 radical (unpaired) electrons. The van der Waals surface area contributed by atoms with Gasteiger partial charge in [0.05, 0.1) is 6.20 Å². The summed E-state index contributed by atoms with van der Waals surface area (Å²) in [7, 11) is 0. The Morgan fingerprint density at radius 1 is 1.55 bits per heavy atom. The molecule has 0 bridgehead atoms. The number of alkyl halides is 3. The third-order valence-electron chi connectivity index (χ3n) is 3.06. The normalized spacial score (nSPS) is 19.9. The molecule has 6 nitrogen and oxygen atoms in total. The lowest BCUT2D eigenvalue weighted by atomic mass is 10.00. The van der Waals surface area contributed by atoms with Crippen LogP contribution in [0.1, 0.15) is 23.3 Å². The van der Waals surface area contributed by atoms with Crippen LogP contribution in [0.5, 0.6) is 0 Å². The molecule has 1 aromatic heterocycles. The largest absolute Gasteiger partial charge is 0.405 e. The molecule has 1 amide bonds. The summed E-state index contributed by atoms with van der Waals surface area (Å²) in [5, 5.41) is 12.4. The molecule has 9 heteroatoms. The molecule has 1 aliphatic rings. The van der Waals surface area contributed by atoms with Crippen LogP contribution in [-0.4, -0.2) is 46.7 Å². The molecule has 1 aliphatic heterocycles. The van der Waals surface area contributed by atoms with Gasteiger partial charge in [-0.3, -0.25) is 9.48 Å². The number of rotatable bonds is 4. The van der Waals surface area contributed by atoms with Gasteiger partial charge in [0.1, 0.15) is 6.54 Å². The quantitative estimate of drug-likeness (QED) is 0.851. The minimum absolute atomic E-state index is 0.0991. The molecular formula is C11H16F3N5O. The molecule has 1 saturated heterocycles. The van der Waals surface area contributed by atoms with Gasteiger partial charge in [-0.05, 0) is 31.8 Å². The van der Waals surface area contributed by atoms with E-state index in [1.807, 2.05) is 0 Å². The molecule has 0 spiro atoms. The monoisotopic (exact) mass is 291 g/mol. The highest BCUT2D eigenvalue weighted by Gasteiger charge is 2.28. The van der Waals surface area contributed by atoms with Gasteiger partial charge in [-0.15, -0.1) is 5.10 Å². The number of halogens is 3. The van der Waals surface area contributed by atoms with Crippen LogP contribution in [0.4, 0.5) is 13.2 Å². The number of hydrogen-bond acceptors (Lipinski definition) is 4. The number of amides is 1. The van der Waals surface area contributed by atoms with Gasteiger partial charge >= 0.3 is 6.18 Å². The highest BCUT2D eigenvalue weighted by Crippen LogP contribution is 2.13. The predicted octanol–water partition coefficient (Wildman–Crippen LogP) is 0.570. The minimum Gasteiger partial charge on any atom is -0.341 e. The Kier molecular flexibility index (Phi) is 4.58. The van der Waals surface area contributed by atoms with E-state index in [9.17, 15) is 18.0 Å². The molecule has 2 rings (SSSR count). The fourth-order valence-corrected chi connectivity index (χ4v) is 2.11. The molecule has 0 aliphatic carbocycles. The van der Waals surface area contributed by atoms with Crippen molar-refractivity contribution in [2.75, 3.05) is 19.6 Å². The van der Waals surface area contributed by atoms with E-state index in [4.69, 9.17) is 0 Å². The van der Waals surface area contributed by atoms with Crippen molar-refractivity contribution in [2.24, 2.45) is 5.92 Å². The third-order valence-corrected chi connectivity index (χ3v) is 3.06. The van der Waals surface area contributed by atoms with Gasteiger partial charge in [0.2, 0.25) is 0 Å². The second kappa shape index (κ2) is 6.21. The summed E-state index contributed by atoms with van der Waals surface area (Å²) in [6, 6.07) is 0. The van der Waals surface area contributed by atoms with Gasteiger partial charge < -0.3 is 10.6 Å². The maximum absolute atomic E-state index is 12.0. The first-order valence-electron chi connectivity index (χ1n) is 6.40. The number of aromatic nitrogens is 3. The van der Waals surface area contributed by atoms with E-state index in [0.29, 0.717) is 12.5 Å². The molecule has 0 saturated carbocycles. The standard InChI is InChI=1S/C11H16F3N5O/c12-11(13,14)7-16-10(20)9-6-19(18-17-9)5-8-2-1-3-15-4-8/h6,8,15H,1-5,7H2,(H,16,20)/t8-/m1/s1. The molecule has 112 valence electrons. The smallest absolute Gasteiger partial charge is 0.341 e. The van der Waals surface area contributed by atoms with Gasteiger partial charge in [-0.2, -0.15) is 13.2 Å². The lowest BCUT2D eigenvalue weighted by Crippen LogP contribution is -2.34. The summed E-state index contributed by atoms with van der Waals surface area (Å²) in [6.07, 6.45) is -0.916. The zero-order chi connectivity index (χ0) is 14.6.